The highest BCUT2D eigenvalue weighted by Crippen LogP contribution is 2.48. The molecule has 3 nitrogen and oxygen atoms in total. The first-order chi connectivity index (χ1) is 7.31. The maximum atomic E-state index is 9.01. The first-order valence-electron chi connectivity index (χ1n) is 5.11. The van der Waals surface area contributed by atoms with Crippen molar-refractivity contribution >= 4 is 0 Å². The molecule has 0 amide bonds. The number of hydrogen-bond acceptors (Lipinski definition) is 3. The van der Waals surface area contributed by atoms with E-state index in [1.54, 1.807) is 0 Å². The monoisotopic (exact) mass is 201 g/mol. The Morgan fingerprint density at radius 3 is 2.80 bits per heavy atom. The molecular formula is C12H11NO2. The molecule has 1 saturated carbocycles. The van der Waals surface area contributed by atoms with Gasteiger partial charge in [-0.25, -0.2) is 0 Å². The second-order valence-corrected chi connectivity index (χ2v) is 4.26. The van der Waals surface area contributed by atoms with Gasteiger partial charge in [-0.15, -0.1) is 0 Å². The van der Waals surface area contributed by atoms with E-state index in [1.807, 2.05) is 18.2 Å². The zero-order valence-electron chi connectivity index (χ0n) is 8.32. The van der Waals surface area contributed by atoms with E-state index < -0.39 is 0 Å². The molecule has 1 aromatic carbocycles. The van der Waals surface area contributed by atoms with Crippen LogP contribution in [-0.4, -0.2) is 6.79 Å². The van der Waals surface area contributed by atoms with Crippen molar-refractivity contribution < 1.29 is 9.47 Å². The van der Waals surface area contributed by atoms with E-state index in [-0.39, 0.29) is 5.41 Å². The van der Waals surface area contributed by atoms with E-state index in [1.165, 1.54) is 5.56 Å². The maximum absolute atomic E-state index is 9.01. The lowest BCUT2D eigenvalue weighted by Crippen LogP contribution is -2.01. The highest BCUT2D eigenvalue weighted by molar-refractivity contribution is 5.45. The van der Waals surface area contributed by atoms with Gasteiger partial charge in [0.15, 0.2) is 11.5 Å². The molecule has 1 aliphatic heterocycles. The van der Waals surface area contributed by atoms with Gasteiger partial charge in [0, 0.05) is 0 Å². The number of nitriles is 1. The molecule has 2 aliphatic rings. The Morgan fingerprint density at radius 1 is 1.27 bits per heavy atom. The SMILES string of the molecule is N#CC1(Cc2ccc3c(c2)OCO3)CC1. The van der Waals surface area contributed by atoms with Crippen LogP contribution in [0.5, 0.6) is 11.5 Å². The van der Waals surface area contributed by atoms with Crippen molar-refractivity contribution in [2.75, 3.05) is 6.79 Å². The molecule has 1 aromatic rings. The number of fused-ring (bicyclic) bond motifs is 1. The normalized spacial score (nSPS) is 19.7. The summed E-state index contributed by atoms with van der Waals surface area (Å²) in [5.41, 5.74) is 1.08. The summed E-state index contributed by atoms with van der Waals surface area (Å²) in [6.07, 6.45) is 2.88. The highest BCUT2D eigenvalue weighted by Gasteiger charge is 2.43. The van der Waals surface area contributed by atoms with Crippen LogP contribution in [0.25, 0.3) is 0 Å². The van der Waals surface area contributed by atoms with Gasteiger partial charge in [0.1, 0.15) is 0 Å². The van der Waals surface area contributed by atoms with Crippen LogP contribution in [0.2, 0.25) is 0 Å². The van der Waals surface area contributed by atoms with Crippen molar-refractivity contribution in [1.82, 2.24) is 0 Å². The van der Waals surface area contributed by atoms with Gasteiger partial charge < -0.3 is 9.47 Å². The predicted octanol–water partition coefficient (Wildman–Crippen LogP) is 2.26. The molecule has 1 fully saturated rings. The van der Waals surface area contributed by atoms with Crippen LogP contribution in [0, 0.1) is 16.7 Å². The quantitative estimate of drug-likeness (QED) is 0.737. The minimum Gasteiger partial charge on any atom is -0.454 e. The Morgan fingerprint density at radius 2 is 2.07 bits per heavy atom. The minimum absolute atomic E-state index is 0.0896. The van der Waals surface area contributed by atoms with E-state index in [4.69, 9.17) is 14.7 Å². The number of benzene rings is 1. The minimum atomic E-state index is -0.0896. The smallest absolute Gasteiger partial charge is 0.231 e. The molecule has 3 rings (SSSR count). The van der Waals surface area contributed by atoms with Gasteiger partial charge in [-0.05, 0) is 37.0 Å². The molecule has 15 heavy (non-hydrogen) atoms. The summed E-state index contributed by atoms with van der Waals surface area (Å²) in [5, 5.41) is 9.01. The zero-order chi connectivity index (χ0) is 10.3. The summed E-state index contributed by atoms with van der Waals surface area (Å²) in [6.45, 7) is 0.308. The number of nitrogens with zero attached hydrogens (tertiary/aromatic N) is 1. The molecule has 0 spiro atoms. The van der Waals surface area contributed by atoms with E-state index in [9.17, 15) is 0 Å². The molecule has 0 bridgehead atoms. The summed E-state index contributed by atoms with van der Waals surface area (Å²) in [4.78, 5) is 0. The Balaban J connectivity index is 1.85. The average Bonchev–Trinajstić information content (AvgIpc) is 2.88. The topological polar surface area (TPSA) is 42.2 Å². The van der Waals surface area contributed by atoms with Crippen LogP contribution < -0.4 is 9.47 Å². The van der Waals surface area contributed by atoms with E-state index in [0.29, 0.717) is 6.79 Å². The molecule has 3 heteroatoms. The summed E-state index contributed by atoms with van der Waals surface area (Å²) < 4.78 is 10.5. The largest absolute Gasteiger partial charge is 0.454 e. The van der Waals surface area contributed by atoms with Crippen LogP contribution in [0.3, 0.4) is 0 Å². The third kappa shape index (κ3) is 1.42. The van der Waals surface area contributed by atoms with Gasteiger partial charge in [0.05, 0.1) is 11.5 Å². The number of ether oxygens (including phenoxy) is 2. The predicted molar refractivity (Wildman–Crippen MR) is 53.5 cm³/mol. The molecule has 0 atom stereocenters. The van der Waals surface area contributed by atoms with Crippen molar-refractivity contribution in [3.63, 3.8) is 0 Å². The molecule has 1 heterocycles. The van der Waals surface area contributed by atoms with Gasteiger partial charge in [-0.3, -0.25) is 0 Å². The molecule has 0 unspecified atom stereocenters. The molecule has 76 valence electrons. The van der Waals surface area contributed by atoms with Crippen molar-refractivity contribution in [2.45, 2.75) is 19.3 Å². The average molecular weight is 201 g/mol. The summed E-state index contributed by atoms with van der Waals surface area (Å²) in [6, 6.07) is 8.32. The summed E-state index contributed by atoms with van der Waals surface area (Å²) in [7, 11) is 0. The number of rotatable bonds is 2. The fourth-order valence-corrected chi connectivity index (χ4v) is 1.92. The lowest BCUT2D eigenvalue weighted by atomic mass is 9.98. The standard InChI is InChI=1S/C12H11NO2/c13-7-12(3-4-12)6-9-1-2-10-11(5-9)15-8-14-10/h1-2,5H,3-4,6,8H2. The van der Waals surface area contributed by atoms with Crippen LogP contribution >= 0.6 is 0 Å². The number of hydrogen-bond donors (Lipinski definition) is 0. The van der Waals surface area contributed by atoms with Crippen molar-refractivity contribution in [1.29, 1.82) is 5.26 Å². The van der Waals surface area contributed by atoms with E-state index in [2.05, 4.69) is 6.07 Å². The second kappa shape index (κ2) is 2.90. The van der Waals surface area contributed by atoms with Crippen LogP contribution in [-0.2, 0) is 6.42 Å². The third-order valence-corrected chi connectivity index (χ3v) is 3.07. The van der Waals surface area contributed by atoms with Crippen LogP contribution in [0.4, 0.5) is 0 Å². The van der Waals surface area contributed by atoms with Gasteiger partial charge >= 0.3 is 0 Å². The Labute approximate surface area is 88.2 Å². The molecule has 0 radical (unpaired) electrons. The molecule has 1 aliphatic carbocycles. The first-order valence-corrected chi connectivity index (χ1v) is 5.11. The fourth-order valence-electron chi connectivity index (χ4n) is 1.92. The van der Waals surface area contributed by atoms with Crippen molar-refractivity contribution in [3.8, 4) is 17.6 Å². The second-order valence-electron chi connectivity index (χ2n) is 4.26. The van der Waals surface area contributed by atoms with Gasteiger partial charge in [0.25, 0.3) is 0 Å². The summed E-state index contributed by atoms with van der Waals surface area (Å²) in [5.74, 6) is 1.61. The van der Waals surface area contributed by atoms with E-state index in [0.717, 1.165) is 30.8 Å². The van der Waals surface area contributed by atoms with Crippen molar-refractivity contribution in [3.05, 3.63) is 23.8 Å². The van der Waals surface area contributed by atoms with Crippen LogP contribution in [0.15, 0.2) is 18.2 Å². The van der Waals surface area contributed by atoms with E-state index >= 15 is 0 Å². The Bertz CT molecular complexity index is 443. The van der Waals surface area contributed by atoms with Gasteiger partial charge in [0.2, 0.25) is 6.79 Å². The zero-order valence-corrected chi connectivity index (χ0v) is 8.32. The Kier molecular flexibility index (Phi) is 1.66. The first kappa shape index (κ1) is 8.60. The molecule has 0 N–H and O–H groups in total. The lowest BCUT2D eigenvalue weighted by Gasteiger charge is -2.06. The van der Waals surface area contributed by atoms with Crippen LogP contribution in [0.1, 0.15) is 18.4 Å². The molecular weight excluding hydrogens is 190 g/mol. The maximum Gasteiger partial charge on any atom is 0.231 e. The molecule has 0 aromatic heterocycles. The molecule has 0 saturated heterocycles. The third-order valence-electron chi connectivity index (χ3n) is 3.07. The fraction of sp³-hybridized carbons (Fsp3) is 0.417. The van der Waals surface area contributed by atoms with Gasteiger partial charge in [-0.2, -0.15) is 5.26 Å². The highest BCUT2D eigenvalue weighted by atomic mass is 16.7. The van der Waals surface area contributed by atoms with Gasteiger partial charge in [-0.1, -0.05) is 6.07 Å². The summed E-state index contributed by atoms with van der Waals surface area (Å²) >= 11 is 0. The lowest BCUT2D eigenvalue weighted by molar-refractivity contribution is 0.174. The van der Waals surface area contributed by atoms with Crippen molar-refractivity contribution in [2.24, 2.45) is 5.41 Å². The Hall–Kier alpha value is -1.69.